The molecule has 1 fully saturated rings. The van der Waals surface area contributed by atoms with Crippen LogP contribution in [0.3, 0.4) is 0 Å². The van der Waals surface area contributed by atoms with E-state index >= 15 is 0 Å². The van der Waals surface area contributed by atoms with E-state index in [1.165, 1.54) is 11.9 Å². The zero-order valence-electron chi connectivity index (χ0n) is 13.8. The van der Waals surface area contributed by atoms with Crippen molar-refractivity contribution in [2.75, 3.05) is 26.7 Å². The summed E-state index contributed by atoms with van der Waals surface area (Å²) in [5.41, 5.74) is -0.627. The lowest BCUT2D eigenvalue weighted by Gasteiger charge is -2.43. The topological polar surface area (TPSA) is 99.2 Å². The van der Waals surface area contributed by atoms with Crippen LogP contribution in [-0.2, 0) is 14.3 Å². The molecule has 1 aliphatic heterocycles. The summed E-state index contributed by atoms with van der Waals surface area (Å²) in [5, 5.41) is 11.5. The Hall–Kier alpha value is -1.83. The number of ether oxygens (including phenoxy) is 1. The molecule has 8 heteroatoms. The highest BCUT2D eigenvalue weighted by molar-refractivity contribution is 5.83. The number of carbonyl (C=O) groups is 3. The number of amides is 2. The molecule has 126 valence electrons. The molecule has 0 aromatic rings. The zero-order chi connectivity index (χ0) is 17.1. The van der Waals surface area contributed by atoms with E-state index in [-0.39, 0.29) is 25.0 Å². The summed E-state index contributed by atoms with van der Waals surface area (Å²) in [4.78, 5) is 38.2. The van der Waals surface area contributed by atoms with Crippen molar-refractivity contribution < 1.29 is 24.2 Å². The molecule has 2 N–H and O–H groups in total. The molecule has 0 bridgehead atoms. The van der Waals surface area contributed by atoms with Crippen molar-refractivity contribution in [2.45, 2.75) is 45.4 Å². The summed E-state index contributed by atoms with van der Waals surface area (Å²) in [6.07, 6.45) is -0.496. The van der Waals surface area contributed by atoms with Crippen LogP contribution in [0.2, 0.25) is 0 Å². The van der Waals surface area contributed by atoms with Crippen molar-refractivity contribution in [1.29, 1.82) is 0 Å². The maximum atomic E-state index is 12.2. The Balaban J connectivity index is 2.90. The Morgan fingerprint density at radius 2 is 1.86 bits per heavy atom. The molecule has 1 heterocycles. The Kier molecular flexibility index (Phi) is 5.76. The van der Waals surface area contributed by atoms with Gasteiger partial charge in [-0.2, -0.15) is 0 Å². The van der Waals surface area contributed by atoms with Gasteiger partial charge in [0.2, 0.25) is 5.91 Å². The van der Waals surface area contributed by atoms with Crippen LogP contribution >= 0.6 is 0 Å². The van der Waals surface area contributed by atoms with Crippen molar-refractivity contribution >= 4 is 18.0 Å². The summed E-state index contributed by atoms with van der Waals surface area (Å²) >= 11 is 0. The minimum atomic E-state index is -1.01. The van der Waals surface area contributed by atoms with Crippen LogP contribution < -0.4 is 5.32 Å². The molecule has 0 spiro atoms. The molecule has 2 amide bonds. The minimum Gasteiger partial charge on any atom is -0.480 e. The first-order chi connectivity index (χ1) is 10.0. The van der Waals surface area contributed by atoms with Gasteiger partial charge in [-0.25, -0.2) is 4.79 Å². The largest absolute Gasteiger partial charge is 0.480 e. The average Bonchev–Trinajstić information content (AvgIpc) is 2.35. The van der Waals surface area contributed by atoms with E-state index in [1.807, 2.05) is 0 Å². The van der Waals surface area contributed by atoms with E-state index in [0.29, 0.717) is 6.54 Å². The molecular weight excluding hydrogens is 290 g/mol. The van der Waals surface area contributed by atoms with Crippen LogP contribution in [0, 0.1) is 0 Å². The molecule has 0 radical (unpaired) electrons. The molecule has 1 rings (SSSR count). The first kappa shape index (κ1) is 18.2. The van der Waals surface area contributed by atoms with Gasteiger partial charge in [-0.15, -0.1) is 0 Å². The molecule has 0 saturated carbocycles. The number of hydrogen-bond donors (Lipinski definition) is 2. The molecule has 0 aromatic carbocycles. The van der Waals surface area contributed by atoms with Crippen molar-refractivity contribution in [3.63, 3.8) is 0 Å². The second-order valence-electron chi connectivity index (χ2n) is 6.43. The highest BCUT2D eigenvalue weighted by Crippen LogP contribution is 2.19. The Labute approximate surface area is 130 Å². The Bertz CT molecular complexity index is 446. The van der Waals surface area contributed by atoms with E-state index in [0.717, 1.165) is 0 Å². The highest BCUT2D eigenvalue weighted by atomic mass is 16.6. The number of likely N-dealkylation sites (N-methyl/N-ethyl adjacent to an activating group) is 1. The lowest BCUT2D eigenvalue weighted by atomic mass is 10.1. The molecular formula is C14H25N3O5. The predicted octanol–water partition coefficient (Wildman–Crippen LogP) is 0.127. The zero-order valence-corrected chi connectivity index (χ0v) is 13.8. The van der Waals surface area contributed by atoms with Gasteiger partial charge < -0.3 is 20.1 Å². The normalized spacial score (nSPS) is 23.0. The highest BCUT2D eigenvalue weighted by Gasteiger charge is 2.39. The van der Waals surface area contributed by atoms with Crippen LogP contribution in [0.15, 0.2) is 0 Å². The summed E-state index contributed by atoms with van der Waals surface area (Å²) < 4.78 is 5.35. The van der Waals surface area contributed by atoms with Gasteiger partial charge in [0.05, 0.1) is 6.54 Å². The van der Waals surface area contributed by atoms with Crippen LogP contribution in [-0.4, -0.2) is 77.2 Å². The summed E-state index contributed by atoms with van der Waals surface area (Å²) in [7, 11) is 1.48. The SMILES string of the molecule is CNC(=O)[C@H]1CN(C(=O)OC(C)(C)C)[C@H](C)CN1CC(=O)O. The van der Waals surface area contributed by atoms with E-state index < -0.39 is 23.7 Å². The van der Waals surface area contributed by atoms with Crippen LogP contribution in [0.25, 0.3) is 0 Å². The van der Waals surface area contributed by atoms with Gasteiger partial charge in [0.25, 0.3) is 0 Å². The standard InChI is InChI=1S/C14H25N3O5/c1-9-6-16(8-11(18)19)10(12(20)15-5)7-17(9)13(21)22-14(2,3)4/h9-10H,6-8H2,1-5H3,(H,15,20)(H,18,19)/t9-,10-/m1/s1. The predicted molar refractivity (Wildman–Crippen MR) is 79.5 cm³/mol. The van der Waals surface area contributed by atoms with E-state index in [9.17, 15) is 14.4 Å². The molecule has 2 atom stereocenters. The Morgan fingerprint density at radius 1 is 1.27 bits per heavy atom. The number of carboxylic acid groups (broad SMARTS) is 1. The molecule has 1 saturated heterocycles. The fraction of sp³-hybridized carbons (Fsp3) is 0.786. The van der Waals surface area contributed by atoms with Gasteiger partial charge in [-0.1, -0.05) is 0 Å². The van der Waals surface area contributed by atoms with Crippen molar-refractivity contribution in [1.82, 2.24) is 15.1 Å². The fourth-order valence-electron chi connectivity index (χ4n) is 2.39. The van der Waals surface area contributed by atoms with Gasteiger partial charge in [0, 0.05) is 26.2 Å². The quantitative estimate of drug-likeness (QED) is 0.768. The first-order valence-corrected chi connectivity index (χ1v) is 7.22. The second kappa shape index (κ2) is 6.95. The number of piperazine rings is 1. The van der Waals surface area contributed by atoms with Gasteiger partial charge in [0.15, 0.2) is 0 Å². The number of carbonyl (C=O) groups excluding carboxylic acids is 2. The maximum Gasteiger partial charge on any atom is 0.410 e. The number of hydrogen-bond acceptors (Lipinski definition) is 5. The lowest BCUT2D eigenvalue weighted by molar-refractivity contribution is -0.141. The Morgan fingerprint density at radius 3 is 2.32 bits per heavy atom. The average molecular weight is 315 g/mol. The van der Waals surface area contributed by atoms with E-state index in [4.69, 9.17) is 9.84 Å². The minimum absolute atomic E-state index is 0.100. The number of aliphatic carboxylic acids is 1. The van der Waals surface area contributed by atoms with Gasteiger partial charge in [0.1, 0.15) is 11.6 Å². The molecule has 0 aromatic heterocycles. The van der Waals surface area contributed by atoms with Crippen LogP contribution in [0.4, 0.5) is 4.79 Å². The molecule has 0 aliphatic carbocycles. The fourth-order valence-corrected chi connectivity index (χ4v) is 2.39. The summed E-state index contributed by atoms with van der Waals surface area (Å²) in [6, 6.07) is -0.945. The van der Waals surface area contributed by atoms with Crippen molar-refractivity contribution in [2.24, 2.45) is 0 Å². The molecule has 8 nitrogen and oxygen atoms in total. The van der Waals surface area contributed by atoms with Gasteiger partial charge in [-0.3, -0.25) is 14.5 Å². The van der Waals surface area contributed by atoms with Crippen molar-refractivity contribution in [3.8, 4) is 0 Å². The first-order valence-electron chi connectivity index (χ1n) is 7.22. The third kappa shape index (κ3) is 4.87. The van der Waals surface area contributed by atoms with E-state index in [1.54, 1.807) is 32.6 Å². The maximum absolute atomic E-state index is 12.2. The number of rotatable bonds is 3. The monoisotopic (exact) mass is 315 g/mol. The summed E-state index contributed by atoms with van der Waals surface area (Å²) in [6.45, 7) is 7.27. The summed E-state index contributed by atoms with van der Waals surface area (Å²) in [5.74, 6) is -1.33. The smallest absolute Gasteiger partial charge is 0.410 e. The van der Waals surface area contributed by atoms with Crippen LogP contribution in [0.5, 0.6) is 0 Å². The third-order valence-corrected chi connectivity index (χ3v) is 3.36. The molecule has 0 unspecified atom stereocenters. The number of nitrogens with one attached hydrogen (secondary N) is 1. The molecule has 1 aliphatic rings. The number of nitrogens with zero attached hydrogens (tertiary/aromatic N) is 2. The second-order valence-corrected chi connectivity index (χ2v) is 6.43. The van der Waals surface area contributed by atoms with Crippen molar-refractivity contribution in [3.05, 3.63) is 0 Å². The van der Waals surface area contributed by atoms with E-state index in [2.05, 4.69) is 5.32 Å². The third-order valence-electron chi connectivity index (χ3n) is 3.36. The molecule has 22 heavy (non-hydrogen) atoms. The van der Waals surface area contributed by atoms with Gasteiger partial charge in [-0.05, 0) is 27.7 Å². The van der Waals surface area contributed by atoms with Gasteiger partial charge >= 0.3 is 12.1 Å². The number of carboxylic acids is 1. The van der Waals surface area contributed by atoms with Crippen LogP contribution in [0.1, 0.15) is 27.7 Å². The lowest BCUT2D eigenvalue weighted by Crippen LogP contribution is -2.64.